The highest BCUT2D eigenvalue weighted by Crippen LogP contribution is 2.51. The average molecular weight is 472 g/mol. The van der Waals surface area contributed by atoms with Crippen molar-refractivity contribution in [3.05, 3.63) is 42.5 Å². The Bertz CT molecular complexity index is 683. The number of thioether (sulfide) groups is 1. The minimum Gasteiger partial charge on any atom is -0.357 e. The van der Waals surface area contributed by atoms with Crippen LogP contribution in [0.25, 0.3) is 0 Å². The van der Waals surface area contributed by atoms with Crippen LogP contribution in [0, 0.1) is 0 Å². The summed E-state index contributed by atoms with van der Waals surface area (Å²) in [5.74, 6) is 1.69. The predicted molar refractivity (Wildman–Crippen MR) is 114 cm³/mol. The van der Waals surface area contributed by atoms with Crippen LogP contribution in [-0.4, -0.2) is 38.6 Å². The first-order valence-electron chi connectivity index (χ1n) is 8.30. The van der Waals surface area contributed by atoms with Gasteiger partial charge in [0.25, 0.3) is 0 Å². The van der Waals surface area contributed by atoms with Gasteiger partial charge in [-0.15, -0.1) is 35.7 Å². The molecule has 8 heteroatoms. The van der Waals surface area contributed by atoms with Crippen molar-refractivity contribution in [1.82, 2.24) is 25.4 Å². The van der Waals surface area contributed by atoms with Gasteiger partial charge in [0.15, 0.2) is 5.96 Å². The van der Waals surface area contributed by atoms with Gasteiger partial charge in [0.1, 0.15) is 18.7 Å². The van der Waals surface area contributed by atoms with E-state index < -0.39 is 0 Å². The Morgan fingerprint density at radius 3 is 2.64 bits per heavy atom. The van der Waals surface area contributed by atoms with Crippen molar-refractivity contribution in [2.45, 2.75) is 36.0 Å². The topological polar surface area (TPSA) is 67.1 Å². The molecule has 1 saturated carbocycles. The fraction of sp³-hybridized carbons (Fsp3) is 0.471. The zero-order valence-corrected chi connectivity index (χ0v) is 17.8. The maximum atomic E-state index is 4.62. The highest BCUT2D eigenvalue weighted by molar-refractivity contribution is 14.0. The summed E-state index contributed by atoms with van der Waals surface area (Å²) in [5, 5.41) is 10.9. The summed E-state index contributed by atoms with van der Waals surface area (Å²) in [5.41, 5.74) is 0. The number of hydrogen-bond donors (Lipinski definition) is 2. The molecular formula is C17H25IN6S. The van der Waals surface area contributed by atoms with Gasteiger partial charge in [-0.2, -0.15) is 5.10 Å². The second-order valence-electron chi connectivity index (χ2n) is 5.95. The Labute approximate surface area is 170 Å². The molecule has 136 valence electrons. The van der Waals surface area contributed by atoms with Gasteiger partial charge in [-0.1, -0.05) is 18.2 Å². The fourth-order valence-corrected chi connectivity index (χ4v) is 3.64. The van der Waals surface area contributed by atoms with Gasteiger partial charge >= 0.3 is 0 Å². The Morgan fingerprint density at radius 2 is 2.04 bits per heavy atom. The summed E-state index contributed by atoms with van der Waals surface area (Å²) >= 11 is 1.96. The molecule has 0 saturated heterocycles. The van der Waals surface area contributed by atoms with Gasteiger partial charge in [-0.3, -0.25) is 4.68 Å². The molecule has 2 aromatic rings. The van der Waals surface area contributed by atoms with Crippen LogP contribution in [0.2, 0.25) is 0 Å². The van der Waals surface area contributed by atoms with E-state index in [1.54, 1.807) is 11.0 Å². The molecule has 0 amide bonds. The first-order valence-corrected chi connectivity index (χ1v) is 9.11. The SMILES string of the molecule is CCNC(=NCc1ncnn1C)NCC1(Sc2ccccc2)CC1.I. The van der Waals surface area contributed by atoms with Gasteiger partial charge in [-0.25, -0.2) is 9.98 Å². The standard InChI is InChI=1S/C17H24N6S.HI/c1-3-18-16(19-11-15-21-13-22-23(15)2)20-12-17(9-10-17)24-14-7-5-4-6-8-14;/h4-8,13H,3,9-12H2,1-2H3,(H2,18,19,20);1H. The second kappa shape index (κ2) is 9.42. The number of benzene rings is 1. The molecule has 0 atom stereocenters. The monoisotopic (exact) mass is 472 g/mol. The van der Waals surface area contributed by atoms with Crippen LogP contribution in [0.5, 0.6) is 0 Å². The van der Waals surface area contributed by atoms with Gasteiger partial charge in [0.05, 0.1) is 0 Å². The molecule has 1 aromatic carbocycles. The Morgan fingerprint density at radius 1 is 1.28 bits per heavy atom. The number of nitrogens with zero attached hydrogens (tertiary/aromatic N) is 4. The van der Waals surface area contributed by atoms with Crippen LogP contribution in [-0.2, 0) is 13.6 Å². The van der Waals surface area contributed by atoms with Crippen molar-refractivity contribution in [2.75, 3.05) is 13.1 Å². The lowest BCUT2D eigenvalue weighted by molar-refractivity contribution is 0.696. The van der Waals surface area contributed by atoms with E-state index in [-0.39, 0.29) is 24.0 Å². The maximum absolute atomic E-state index is 4.62. The van der Waals surface area contributed by atoms with E-state index in [1.165, 1.54) is 17.7 Å². The van der Waals surface area contributed by atoms with Gasteiger partial charge in [0, 0.05) is 29.8 Å². The summed E-state index contributed by atoms with van der Waals surface area (Å²) < 4.78 is 2.04. The molecule has 1 aromatic heterocycles. The number of guanidine groups is 1. The number of rotatable bonds is 7. The smallest absolute Gasteiger partial charge is 0.191 e. The lowest BCUT2D eigenvalue weighted by atomic mass is 10.4. The van der Waals surface area contributed by atoms with Crippen LogP contribution in [0.1, 0.15) is 25.6 Å². The minimum atomic E-state index is 0. The van der Waals surface area contributed by atoms with E-state index in [2.05, 4.69) is 63.0 Å². The highest BCUT2D eigenvalue weighted by Gasteiger charge is 2.43. The first-order chi connectivity index (χ1) is 11.7. The van der Waals surface area contributed by atoms with Crippen LogP contribution in [0.15, 0.2) is 46.5 Å². The summed E-state index contributed by atoms with van der Waals surface area (Å²) in [6.45, 7) is 4.34. The zero-order chi connectivity index (χ0) is 16.8. The third-order valence-electron chi connectivity index (χ3n) is 3.99. The number of aliphatic imine (C=N–C) groups is 1. The predicted octanol–water partition coefficient (Wildman–Crippen LogP) is 2.81. The Kier molecular flexibility index (Phi) is 7.55. The van der Waals surface area contributed by atoms with Crippen molar-refractivity contribution in [3.63, 3.8) is 0 Å². The summed E-state index contributed by atoms with van der Waals surface area (Å²) in [6, 6.07) is 10.6. The second-order valence-corrected chi connectivity index (χ2v) is 7.49. The number of halogens is 1. The Balaban J connectivity index is 0.00000225. The Hall–Kier alpha value is -1.29. The molecule has 0 radical (unpaired) electrons. The number of aryl methyl sites for hydroxylation is 1. The molecule has 2 N–H and O–H groups in total. The quantitative estimate of drug-likeness (QED) is 0.369. The van der Waals surface area contributed by atoms with Crippen molar-refractivity contribution >= 4 is 41.7 Å². The summed E-state index contributed by atoms with van der Waals surface area (Å²) in [6.07, 6.45) is 4.03. The van der Waals surface area contributed by atoms with E-state index in [0.717, 1.165) is 24.9 Å². The van der Waals surface area contributed by atoms with E-state index in [9.17, 15) is 0 Å². The fourth-order valence-electron chi connectivity index (χ4n) is 2.39. The molecule has 1 fully saturated rings. The van der Waals surface area contributed by atoms with Crippen molar-refractivity contribution in [2.24, 2.45) is 12.0 Å². The lowest BCUT2D eigenvalue weighted by Gasteiger charge is -2.18. The molecule has 0 spiro atoms. The molecule has 3 rings (SSSR count). The molecular weight excluding hydrogens is 447 g/mol. The van der Waals surface area contributed by atoms with Crippen LogP contribution < -0.4 is 10.6 Å². The minimum absolute atomic E-state index is 0. The number of hydrogen-bond acceptors (Lipinski definition) is 4. The third-order valence-corrected chi connectivity index (χ3v) is 5.48. The largest absolute Gasteiger partial charge is 0.357 e. The van der Waals surface area contributed by atoms with Crippen LogP contribution in [0.3, 0.4) is 0 Å². The number of aromatic nitrogens is 3. The van der Waals surface area contributed by atoms with E-state index in [1.807, 2.05) is 18.8 Å². The molecule has 6 nitrogen and oxygen atoms in total. The van der Waals surface area contributed by atoms with Crippen LogP contribution >= 0.6 is 35.7 Å². The van der Waals surface area contributed by atoms with Crippen molar-refractivity contribution in [3.8, 4) is 0 Å². The van der Waals surface area contributed by atoms with Gasteiger partial charge in [-0.05, 0) is 31.9 Å². The lowest BCUT2D eigenvalue weighted by Crippen LogP contribution is -2.41. The normalized spacial score (nSPS) is 15.4. The maximum Gasteiger partial charge on any atom is 0.191 e. The number of nitrogens with one attached hydrogen (secondary N) is 2. The molecule has 0 aliphatic heterocycles. The average Bonchev–Trinajstić information content (AvgIpc) is 3.23. The van der Waals surface area contributed by atoms with Crippen LogP contribution in [0.4, 0.5) is 0 Å². The van der Waals surface area contributed by atoms with Gasteiger partial charge in [0.2, 0.25) is 0 Å². The third kappa shape index (κ3) is 5.88. The molecule has 0 unspecified atom stereocenters. The van der Waals surface area contributed by atoms with E-state index in [0.29, 0.717) is 11.3 Å². The highest BCUT2D eigenvalue weighted by atomic mass is 127. The molecule has 0 bridgehead atoms. The molecule has 1 aliphatic rings. The first kappa shape index (κ1) is 20.0. The molecule has 1 aliphatic carbocycles. The van der Waals surface area contributed by atoms with E-state index >= 15 is 0 Å². The van der Waals surface area contributed by atoms with Crippen molar-refractivity contribution < 1.29 is 0 Å². The van der Waals surface area contributed by atoms with E-state index in [4.69, 9.17) is 0 Å². The summed E-state index contributed by atoms with van der Waals surface area (Å²) in [7, 11) is 1.88. The zero-order valence-electron chi connectivity index (χ0n) is 14.6. The van der Waals surface area contributed by atoms with Crippen molar-refractivity contribution in [1.29, 1.82) is 0 Å². The summed E-state index contributed by atoms with van der Waals surface area (Å²) in [4.78, 5) is 10.2. The molecule has 25 heavy (non-hydrogen) atoms. The van der Waals surface area contributed by atoms with Gasteiger partial charge < -0.3 is 10.6 Å². The molecule has 1 heterocycles.